The third-order valence-corrected chi connectivity index (χ3v) is 7.01. The fourth-order valence-corrected chi connectivity index (χ4v) is 5.97. The molecular weight excluding hydrogens is 300 g/mol. The van der Waals surface area contributed by atoms with E-state index in [-0.39, 0.29) is 6.61 Å². The summed E-state index contributed by atoms with van der Waals surface area (Å²) >= 11 is 0. The number of benzene rings is 1. The molecular formula is C13H14O5S2. The van der Waals surface area contributed by atoms with E-state index in [4.69, 9.17) is 16.4 Å². The van der Waals surface area contributed by atoms with Crippen molar-refractivity contribution in [1.82, 2.24) is 0 Å². The summed E-state index contributed by atoms with van der Waals surface area (Å²) in [7, 11) is -2.98. The van der Waals surface area contributed by atoms with Crippen LogP contribution in [0.25, 0.3) is 0 Å². The molecule has 0 aromatic heterocycles. The topological polar surface area (TPSA) is 72.8 Å². The Morgan fingerprint density at radius 1 is 1.30 bits per heavy atom. The molecule has 2 aliphatic heterocycles. The Morgan fingerprint density at radius 3 is 2.45 bits per heavy atom. The summed E-state index contributed by atoms with van der Waals surface area (Å²) in [5, 5.41) is 9.22. The van der Waals surface area contributed by atoms with E-state index in [1.54, 1.807) is 24.3 Å². The third kappa shape index (κ3) is 2.37. The van der Waals surface area contributed by atoms with E-state index in [0.717, 1.165) is 0 Å². The quantitative estimate of drug-likeness (QED) is 0.877. The number of aliphatic hydroxyl groups excluding tert-OH is 1. The molecule has 5 atom stereocenters. The van der Waals surface area contributed by atoms with Crippen molar-refractivity contribution < 1.29 is 23.0 Å². The van der Waals surface area contributed by atoms with Crippen LogP contribution in [0.15, 0.2) is 34.1 Å². The van der Waals surface area contributed by atoms with E-state index < -0.39 is 44.7 Å². The lowest BCUT2D eigenvalue weighted by Crippen LogP contribution is -2.33. The Hall–Kier alpha value is -0.600. The summed E-state index contributed by atoms with van der Waals surface area (Å²) in [6.45, 7) is 5.41. The van der Waals surface area contributed by atoms with E-state index in [2.05, 4.69) is 0 Å². The molecule has 3 rings (SSSR count). The highest BCUT2D eigenvalue weighted by atomic mass is 32.2. The smallest absolute Gasteiger partial charge is 0.216 e. The standard InChI is InChI=1S/C13H14O5S2/c1-8-6-9(10(7-14)17-8)18-13-19(15)11-4-2-3-5-12(11)20(13)16/h1-5,8-10,13-14H,6-7H2/t8-,9+,10+,13?,19?,20?/m0/s1. The van der Waals surface area contributed by atoms with Crippen molar-refractivity contribution in [2.75, 3.05) is 6.61 Å². The van der Waals surface area contributed by atoms with Gasteiger partial charge in [-0.25, -0.2) is 0 Å². The second-order valence-electron chi connectivity index (χ2n) is 4.64. The van der Waals surface area contributed by atoms with Crippen LogP contribution in [0.2, 0.25) is 0 Å². The summed E-state index contributed by atoms with van der Waals surface area (Å²) < 4.78 is 34.7. The molecule has 1 aromatic carbocycles. The van der Waals surface area contributed by atoms with Crippen LogP contribution in [0.1, 0.15) is 6.42 Å². The van der Waals surface area contributed by atoms with Gasteiger partial charge in [0.2, 0.25) is 4.77 Å². The molecule has 1 N–H and O–H groups in total. The summed E-state index contributed by atoms with van der Waals surface area (Å²) in [5.74, 6) is 0. The molecule has 2 unspecified atom stereocenters. The molecule has 7 heteroatoms. The Bertz CT molecular complexity index is 526. The van der Waals surface area contributed by atoms with Crippen molar-refractivity contribution in [2.24, 2.45) is 0 Å². The highest BCUT2D eigenvalue weighted by molar-refractivity contribution is 8.05. The van der Waals surface area contributed by atoms with Crippen molar-refractivity contribution in [2.45, 2.75) is 39.3 Å². The maximum absolute atomic E-state index is 12.3. The van der Waals surface area contributed by atoms with Crippen LogP contribution in [0, 0.1) is 6.92 Å². The Morgan fingerprint density at radius 2 is 1.90 bits per heavy atom. The molecule has 2 aliphatic rings. The predicted octanol–water partition coefficient (Wildman–Crippen LogP) is 0.445. The van der Waals surface area contributed by atoms with Gasteiger partial charge in [0, 0.05) is 6.42 Å². The summed E-state index contributed by atoms with van der Waals surface area (Å²) in [6.07, 6.45) is -1.21. The molecule has 2 radical (unpaired) electrons. The van der Waals surface area contributed by atoms with E-state index in [9.17, 15) is 13.5 Å². The summed E-state index contributed by atoms with van der Waals surface area (Å²) in [4.78, 5) is 1.08. The highest BCUT2D eigenvalue weighted by Crippen LogP contribution is 2.35. The highest BCUT2D eigenvalue weighted by Gasteiger charge is 2.42. The van der Waals surface area contributed by atoms with Crippen LogP contribution >= 0.6 is 0 Å². The maximum atomic E-state index is 12.3. The van der Waals surface area contributed by atoms with Crippen molar-refractivity contribution in [1.29, 1.82) is 0 Å². The zero-order valence-corrected chi connectivity index (χ0v) is 12.1. The molecule has 108 valence electrons. The number of rotatable bonds is 3. The average Bonchev–Trinajstić information content (AvgIpc) is 2.93. The monoisotopic (exact) mass is 314 g/mol. The summed E-state index contributed by atoms with van der Waals surface area (Å²) in [6, 6.07) is 6.88. The average molecular weight is 314 g/mol. The van der Waals surface area contributed by atoms with Gasteiger partial charge >= 0.3 is 0 Å². The van der Waals surface area contributed by atoms with Crippen LogP contribution in [0.4, 0.5) is 0 Å². The van der Waals surface area contributed by atoms with Gasteiger partial charge < -0.3 is 14.6 Å². The van der Waals surface area contributed by atoms with Crippen molar-refractivity contribution in [3.8, 4) is 0 Å². The molecule has 20 heavy (non-hydrogen) atoms. The lowest BCUT2D eigenvalue weighted by Gasteiger charge is -2.19. The van der Waals surface area contributed by atoms with Gasteiger partial charge in [-0.2, -0.15) is 0 Å². The fourth-order valence-electron chi connectivity index (χ4n) is 2.37. The first-order valence-corrected chi connectivity index (χ1v) is 8.62. The Labute approximate surface area is 122 Å². The van der Waals surface area contributed by atoms with Gasteiger partial charge in [0.05, 0.1) is 50.2 Å². The third-order valence-electron chi connectivity index (χ3n) is 3.33. The molecule has 1 fully saturated rings. The molecule has 2 heterocycles. The van der Waals surface area contributed by atoms with E-state index >= 15 is 0 Å². The molecule has 0 spiro atoms. The minimum absolute atomic E-state index is 0.239. The minimum atomic E-state index is -1.49. The lowest BCUT2D eigenvalue weighted by atomic mass is 10.1. The van der Waals surface area contributed by atoms with Gasteiger partial charge in [-0.1, -0.05) is 12.1 Å². The van der Waals surface area contributed by atoms with Crippen LogP contribution in [0.5, 0.6) is 0 Å². The van der Waals surface area contributed by atoms with Gasteiger partial charge in [-0.05, 0) is 19.1 Å². The molecule has 1 aromatic rings. The fraction of sp³-hybridized carbons (Fsp3) is 0.462. The number of hydrogen-bond donors (Lipinski definition) is 1. The predicted molar refractivity (Wildman–Crippen MR) is 72.6 cm³/mol. The molecule has 0 saturated carbocycles. The Balaban J connectivity index is 1.80. The number of fused-ring (bicyclic) bond motifs is 1. The van der Waals surface area contributed by atoms with Crippen LogP contribution < -0.4 is 0 Å². The van der Waals surface area contributed by atoms with Gasteiger partial charge in [-0.3, -0.25) is 8.42 Å². The molecule has 0 bridgehead atoms. The van der Waals surface area contributed by atoms with Crippen LogP contribution in [0.3, 0.4) is 0 Å². The molecule has 5 nitrogen and oxygen atoms in total. The van der Waals surface area contributed by atoms with Crippen LogP contribution in [-0.2, 0) is 31.1 Å². The summed E-state index contributed by atoms with van der Waals surface area (Å²) in [5.41, 5.74) is 0. The van der Waals surface area contributed by atoms with Gasteiger partial charge in [0.1, 0.15) is 6.10 Å². The number of ether oxygens (including phenoxy) is 2. The van der Waals surface area contributed by atoms with Crippen molar-refractivity contribution in [3.05, 3.63) is 31.2 Å². The van der Waals surface area contributed by atoms with E-state index in [1.165, 1.54) is 0 Å². The molecule has 1 saturated heterocycles. The van der Waals surface area contributed by atoms with Crippen molar-refractivity contribution in [3.63, 3.8) is 0 Å². The number of aliphatic hydroxyl groups is 1. The second-order valence-corrected chi connectivity index (χ2v) is 7.86. The van der Waals surface area contributed by atoms with Crippen molar-refractivity contribution >= 4 is 21.6 Å². The maximum Gasteiger partial charge on any atom is 0.216 e. The minimum Gasteiger partial charge on any atom is -0.394 e. The first-order valence-electron chi connectivity index (χ1n) is 6.19. The van der Waals surface area contributed by atoms with Gasteiger partial charge in [0.25, 0.3) is 0 Å². The molecule has 0 aliphatic carbocycles. The molecule has 0 amide bonds. The first kappa shape index (κ1) is 14.3. The largest absolute Gasteiger partial charge is 0.394 e. The number of hydrogen-bond acceptors (Lipinski definition) is 5. The first-order chi connectivity index (χ1) is 9.61. The van der Waals surface area contributed by atoms with Gasteiger partial charge in [0.15, 0.2) is 0 Å². The van der Waals surface area contributed by atoms with Gasteiger partial charge in [-0.15, -0.1) is 0 Å². The SMILES string of the molecule is [CH][C@H]1C[C@@H](OC2S(=O)c3ccccc3S2=O)[C@@H](CO)O1. The van der Waals surface area contributed by atoms with E-state index in [1.807, 2.05) is 0 Å². The normalized spacial score (nSPS) is 39.9. The lowest BCUT2D eigenvalue weighted by molar-refractivity contribution is -0.0354. The zero-order chi connectivity index (χ0) is 14.3. The second kappa shape index (κ2) is 5.65. The zero-order valence-electron chi connectivity index (χ0n) is 10.5. The Kier molecular flexibility index (Phi) is 4.05. The van der Waals surface area contributed by atoms with Crippen LogP contribution in [-0.4, -0.2) is 43.2 Å². The van der Waals surface area contributed by atoms with E-state index in [0.29, 0.717) is 16.2 Å².